The summed E-state index contributed by atoms with van der Waals surface area (Å²) in [5.74, 6) is -1.01. The number of anilines is 1. The van der Waals surface area contributed by atoms with E-state index in [4.69, 9.17) is 5.73 Å². The Hall–Kier alpha value is -4.22. The third kappa shape index (κ3) is 6.58. The largest absolute Gasteiger partial charge is 0.381 e. The molecule has 0 spiro atoms. The lowest BCUT2D eigenvalue weighted by atomic mass is 10.1. The second-order valence-electron chi connectivity index (χ2n) is 10.6. The highest BCUT2D eigenvalue weighted by molar-refractivity contribution is 7.89. The van der Waals surface area contributed by atoms with Gasteiger partial charge in [-0.1, -0.05) is 17.7 Å². The molecular weight excluding hydrogens is 540 g/mol. The molecule has 2 amide bonds. The van der Waals surface area contributed by atoms with Crippen molar-refractivity contribution in [1.29, 1.82) is 0 Å². The second kappa shape index (κ2) is 11.7. The van der Waals surface area contributed by atoms with Gasteiger partial charge in [-0.3, -0.25) is 9.59 Å². The third-order valence-corrected chi connectivity index (χ3v) is 8.56. The van der Waals surface area contributed by atoms with Crippen LogP contribution in [0.4, 0.5) is 5.69 Å². The molecule has 216 valence electrons. The maximum absolute atomic E-state index is 13.1. The first kappa shape index (κ1) is 29.8. The number of primary amides is 1. The lowest BCUT2D eigenvalue weighted by molar-refractivity contribution is -0.119. The van der Waals surface area contributed by atoms with Crippen LogP contribution in [0.3, 0.4) is 0 Å². The van der Waals surface area contributed by atoms with Crippen molar-refractivity contribution in [3.8, 4) is 5.69 Å². The number of nitrogens with one attached hydrogen (secondary N) is 3. The van der Waals surface area contributed by atoms with Gasteiger partial charge in [0.2, 0.25) is 15.9 Å². The minimum absolute atomic E-state index is 0.191. The molecule has 11 heteroatoms. The molecule has 10 nitrogen and oxygen atoms in total. The van der Waals surface area contributed by atoms with Gasteiger partial charge < -0.3 is 16.4 Å². The van der Waals surface area contributed by atoms with Gasteiger partial charge in [-0.25, -0.2) is 17.8 Å². The molecule has 0 aliphatic rings. The van der Waals surface area contributed by atoms with E-state index in [1.54, 1.807) is 35.1 Å². The molecule has 4 aromatic rings. The molecule has 0 bridgehead atoms. The number of amides is 2. The van der Waals surface area contributed by atoms with Crippen LogP contribution in [0.5, 0.6) is 0 Å². The number of benzene rings is 3. The van der Waals surface area contributed by atoms with Crippen LogP contribution >= 0.6 is 0 Å². The van der Waals surface area contributed by atoms with Gasteiger partial charge in [0.15, 0.2) is 0 Å². The molecular formula is C30H36N6O4S. The first-order valence-corrected chi connectivity index (χ1v) is 14.8. The van der Waals surface area contributed by atoms with Crippen molar-refractivity contribution >= 4 is 38.4 Å². The summed E-state index contributed by atoms with van der Waals surface area (Å²) in [6, 6.07) is 13.6. The zero-order chi connectivity index (χ0) is 30.1. The number of rotatable bonds is 10. The van der Waals surface area contributed by atoms with Crippen LogP contribution < -0.4 is 21.1 Å². The van der Waals surface area contributed by atoms with Crippen LogP contribution in [-0.2, 0) is 14.8 Å². The lowest BCUT2D eigenvalue weighted by Crippen LogP contribution is -2.42. The van der Waals surface area contributed by atoms with E-state index < -0.39 is 27.9 Å². The van der Waals surface area contributed by atoms with E-state index in [2.05, 4.69) is 20.5 Å². The van der Waals surface area contributed by atoms with Crippen LogP contribution in [-0.4, -0.2) is 48.6 Å². The number of hydrogen-bond acceptors (Lipinski definition) is 6. The van der Waals surface area contributed by atoms with E-state index in [0.29, 0.717) is 10.5 Å². The first-order valence-electron chi connectivity index (χ1n) is 13.3. The smallest absolute Gasteiger partial charge is 0.251 e. The number of sulfonamides is 1. The summed E-state index contributed by atoms with van der Waals surface area (Å²) in [5, 5.41) is 11.4. The summed E-state index contributed by atoms with van der Waals surface area (Å²) in [6.07, 6.45) is 1.75. The summed E-state index contributed by atoms with van der Waals surface area (Å²) >= 11 is 0. The highest BCUT2D eigenvalue weighted by atomic mass is 32.2. The van der Waals surface area contributed by atoms with E-state index in [1.165, 1.54) is 6.92 Å². The standard InChI is InChI=1S/C30H36N6O4S/c1-17-11-19(3)28(20(4)12-17)41(39,40)33-15-21(5)34-26-13-18(2)14-27-25(26)16-32-36(27)24-9-7-23(8-10-24)30(38)35-22(6)29(31)37/h7-14,16,21-22,33-34H,15H2,1-6H3,(H2,31,37)(H,35,38)/t21-,22+/m1/s1. The van der Waals surface area contributed by atoms with Gasteiger partial charge in [-0.05, 0) is 94.6 Å². The maximum Gasteiger partial charge on any atom is 0.251 e. The number of fused-ring (bicyclic) bond motifs is 1. The van der Waals surface area contributed by atoms with Crippen molar-refractivity contribution in [3.05, 3.63) is 82.5 Å². The van der Waals surface area contributed by atoms with Gasteiger partial charge in [0.25, 0.3) is 5.91 Å². The summed E-state index contributed by atoms with van der Waals surface area (Å²) in [6.45, 7) is 11.2. The van der Waals surface area contributed by atoms with Crippen molar-refractivity contribution in [2.45, 2.75) is 58.5 Å². The topological polar surface area (TPSA) is 148 Å². The Bertz CT molecular complexity index is 1700. The molecule has 0 aliphatic carbocycles. The fraction of sp³-hybridized carbons (Fsp3) is 0.300. The Morgan fingerprint density at radius 2 is 1.56 bits per heavy atom. The summed E-state index contributed by atoms with van der Waals surface area (Å²) in [4.78, 5) is 24.0. The van der Waals surface area contributed by atoms with Crippen molar-refractivity contribution < 1.29 is 18.0 Å². The summed E-state index contributed by atoms with van der Waals surface area (Å²) in [7, 11) is -3.69. The second-order valence-corrected chi connectivity index (χ2v) is 12.3. The Kier molecular flexibility index (Phi) is 8.50. The molecule has 5 N–H and O–H groups in total. The molecule has 41 heavy (non-hydrogen) atoms. The predicted octanol–water partition coefficient (Wildman–Crippen LogP) is 3.64. The molecule has 0 saturated carbocycles. The number of aryl methyl sites for hydroxylation is 4. The Labute approximate surface area is 240 Å². The van der Waals surface area contributed by atoms with Crippen LogP contribution in [0.1, 0.15) is 46.5 Å². The van der Waals surface area contributed by atoms with Gasteiger partial charge in [0, 0.05) is 29.2 Å². The average Bonchev–Trinajstić information content (AvgIpc) is 3.30. The van der Waals surface area contributed by atoms with Crippen molar-refractivity contribution in [2.24, 2.45) is 5.73 Å². The minimum atomic E-state index is -3.69. The molecule has 3 aromatic carbocycles. The molecule has 0 saturated heterocycles. The van der Waals surface area contributed by atoms with Gasteiger partial charge in [0.05, 0.1) is 22.3 Å². The molecule has 2 atom stereocenters. The van der Waals surface area contributed by atoms with Crippen molar-refractivity contribution in [2.75, 3.05) is 11.9 Å². The van der Waals surface area contributed by atoms with Crippen LogP contribution in [0.25, 0.3) is 16.6 Å². The number of carbonyl (C=O) groups is 2. The lowest BCUT2D eigenvalue weighted by Gasteiger charge is -2.19. The van der Waals surface area contributed by atoms with E-state index in [1.807, 2.05) is 58.9 Å². The van der Waals surface area contributed by atoms with Gasteiger partial charge >= 0.3 is 0 Å². The summed E-state index contributed by atoms with van der Waals surface area (Å²) < 4.78 is 30.8. The normalized spacial score (nSPS) is 13.1. The molecule has 0 radical (unpaired) electrons. The fourth-order valence-corrected chi connectivity index (χ4v) is 6.49. The third-order valence-electron chi connectivity index (χ3n) is 6.84. The highest BCUT2D eigenvalue weighted by Gasteiger charge is 2.21. The number of hydrogen-bond donors (Lipinski definition) is 4. The molecule has 1 aromatic heterocycles. The zero-order valence-electron chi connectivity index (χ0n) is 24.1. The summed E-state index contributed by atoms with van der Waals surface area (Å²) in [5.41, 5.74) is 11.5. The van der Waals surface area contributed by atoms with Gasteiger partial charge in [-0.15, -0.1) is 0 Å². The monoisotopic (exact) mass is 576 g/mol. The molecule has 1 heterocycles. The van der Waals surface area contributed by atoms with Gasteiger partial charge in [-0.2, -0.15) is 5.10 Å². The van der Waals surface area contributed by atoms with Crippen LogP contribution in [0, 0.1) is 27.7 Å². The number of aromatic nitrogens is 2. The van der Waals surface area contributed by atoms with Gasteiger partial charge in [0.1, 0.15) is 6.04 Å². The Morgan fingerprint density at radius 1 is 0.951 bits per heavy atom. The van der Waals surface area contributed by atoms with Crippen LogP contribution in [0.2, 0.25) is 0 Å². The van der Waals surface area contributed by atoms with E-state index >= 15 is 0 Å². The molecule has 0 aliphatic heterocycles. The molecule has 0 unspecified atom stereocenters. The van der Waals surface area contributed by atoms with E-state index in [9.17, 15) is 18.0 Å². The van der Waals surface area contributed by atoms with Crippen molar-refractivity contribution in [3.63, 3.8) is 0 Å². The zero-order valence-corrected chi connectivity index (χ0v) is 24.9. The Morgan fingerprint density at radius 3 is 2.17 bits per heavy atom. The number of nitrogens with two attached hydrogens (primary N) is 1. The van der Waals surface area contributed by atoms with Crippen LogP contribution in [0.15, 0.2) is 59.6 Å². The van der Waals surface area contributed by atoms with E-state index in [-0.39, 0.29) is 12.6 Å². The molecule has 4 rings (SSSR count). The maximum atomic E-state index is 13.1. The Balaban J connectivity index is 1.52. The number of carbonyl (C=O) groups excluding carboxylic acids is 2. The SMILES string of the molecule is Cc1cc(C)c(S(=O)(=O)NC[C@@H](C)Nc2cc(C)cc3c2cnn3-c2ccc(C(=O)N[C@@H](C)C(N)=O)cc2)c(C)c1. The molecule has 0 fully saturated rings. The van der Waals surface area contributed by atoms with Crippen molar-refractivity contribution in [1.82, 2.24) is 19.8 Å². The predicted molar refractivity (Wildman–Crippen MR) is 161 cm³/mol. The first-order chi connectivity index (χ1) is 19.3. The average molecular weight is 577 g/mol. The quantitative estimate of drug-likeness (QED) is 0.227. The minimum Gasteiger partial charge on any atom is -0.381 e. The number of nitrogens with zero attached hydrogens (tertiary/aromatic N) is 2. The fourth-order valence-electron chi connectivity index (χ4n) is 4.91. The highest BCUT2D eigenvalue weighted by Crippen LogP contribution is 2.28. The van der Waals surface area contributed by atoms with E-state index in [0.717, 1.165) is 44.5 Å².